The second kappa shape index (κ2) is 4.12. The van der Waals surface area contributed by atoms with Crippen LogP contribution in [0.2, 0.25) is 0 Å². The fraction of sp³-hybridized carbons (Fsp3) is 0.417. The fourth-order valence-corrected chi connectivity index (χ4v) is 1.73. The maximum atomic E-state index is 13.3. The Kier molecular flexibility index (Phi) is 2.81. The summed E-state index contributed by atoms with van der Waals surface area (Å²) in [4.78, 5) is 11.7. The Balaban J connectivity index is 2.13. The third-order valence-electron chi connectivity index (χ3n) is 2.91. The van der Waals surface area contributed by atoms with Crippen molar-refractivity contribution in [3.63, 3.8) is 0 Å². The number of nitrogens with one attached hydrogen (secondary N) is 1. The number of halogens is 1. The minimum Gasteiger partial charge on any atom is -0.507 e. The van der Waals surface area contributed by atoms with E-state index in [1.165, 1.54) is 12.1 Å². The molecule has 2 rings (SSSR count). The molecule has 1 aliphatic carbocycles. The first-order chi connectivity index (χ1) is 7.59. The smallest absolute Gasteiger partial charge is 0.258 e. The summed E-state index contributed by atoms with van der Waals surface area (Å²) >= 11 is 0. The van der Waals surface area contributed by atoms with E-state index in [1.807, 2.05) is 6.92 Å². The summed E-state index contributed by atoms with van der Waals surface area (Å²) in [5.41, 5.74) is -0.269. The molecule has 2 N–H and O–H groups in total. The highest BCUT2D eigenvalue weighted by atomic mass is 19.1. The molecule has 1 saturated carbocycles. The summed E-state index contributed by atoms with van der Waals surface area (Å²) < 4.78 is 13.3. The topological polar surface area (TPSA) is 49.3 Å². The molecule has 0 bridgehead atoms. The van der Waals surface area contributed by atoms with Gasteiger partial charge in [0.25, 0.3) is 5.91 Å². The molecule has 0 spiro atoms. The fourth-order valence-electron chi connectivity index (χ4n) is 1.73. The molecule has 1 fully saturated rings. The number of phenolic OH excluding ortho intramolecular Hbond substituents is 1. The van der Waals surface area contributed by atoms with E-state index in [0.29, 0.717) is 5.92 Å². The van der Waals surface area contributed by atoms with Crippen LogP contribution in [0.15, 0.2) is 18.2 Å². The molecule has 1 amide bonds. The summed E-state index contributed by atoms with van der Waals surface area (Å²) in [6, 6.07) is 3.87. The van der Waals surface area contributed by atoms with Gasteiger partial charge in [-0.3, -0.25) is 4.79 Å². The van der Waals surface area contributed by atoms with Crippen LogP contribution in [0.25, 0.3) is 0 Å². The molecule has 16 heavy (non-hydrogen) atoms. The van der Waals surface area contributed by atoms with Crippen molar-refractivity contribution in [3.05, 3.63) is 29.6 Å². The van der Waals surface area contributed by atoms with E-state index in [2.05, 4.69) is 5.32 Å². The molecular weight excluding hydrogens is 209 g/mol. The van der Waals surface area contributed by atoms with E-state index in [0.717, 1.165) is 18.9 Å². The Morgan fingerprint density at radius 1 is 1.56 bits per heavy atom. The molecule has 1 aliphatic rings. The van der Waals surface area contributed by atoms with Crippen molar-refractivity contribution >= 4 is 5.91 Å². The number of benzene rings is 1. The minimum atomic E-state index is -0.694. The lowest BCUT2D eigenvalue weighted by atomic mass is 10.1. The van der Waals surface area contributed by atoms with E-state index < -0.39 is 11.7 Å². The van der Waals surface area contributed by atoms with E-state index in [-0.39, 0.29) is 17.4 Å². The molecule has 0 radical (unpaired) electrons. The zero-order valence-electron chi connectivity index (χ0n) is 9.03. The monoisotopic (exact) mass is 223 g/mol. The first kappa shape index (κ1) is 10.9. The van der Waals surface area contributed by atoms with Crippen LogP contribution in [0.5, 0.6) is 5.75 Å². The van der Waals surface area contributed by atoms with Gasteiger partial charge in [0.15, 0.2) is 0 Å². The highest BCUT2D eigenvalue weighted by Gasteiger charge is 2.30. The van der Waals surface area contributed by atoms with Crippen LogP contribution in [-0.4, -0.2) is 17.1 Å². The van der Waals surface area contributed by atoms with Gasteiger partial charge in [-0.2, -0.15) is 0 Å². The van der Waals surface area contributed by atoms with Gasteiger partial charge in [-0.25, -0.2) is 4.39 Å². The molecule has 0 heterocycles. The number of amides is 1. The van der Waals surface area contributed by atoms with Crippen LogP contribution < -0.4 is 5.32 Å². The lowest BCUT2D eigenvalue weighted by Gasteiger charge is -2.13. The number of phenols is 1. The molecule has 3 nitrogen and oxygen atoms in total. The first-order valence-electron chi connectivity index (χ1n) is 5.38. The Morgan fingerprint density at radius 2 is 2.25 bits per heavy atom. The van der Waals surface area contributed by atoms with Crippen LogP contribution in [0.4, 0.5) is 4.39 Å². The standard InChI is InChI=1S/C12H14FNO2/c1-7(8-5-6-8)14-12(16)11-9(13)3-2-4-10(11)15/h2-4,7-8,15H,5-6H2,1H3,(H,14,16). The van der Waals surface area contributed by atoms with Gasteiger partial charge >= 0.3 is 0 Å². The van der Waals surface area contributed by atoms with Gasteiger partial charge in [-0.1, -0.05) is 6.07 Å². The highest BCUT2D eigenvalue weighted by molar-refractivity contribution is 5.97. The van der Waals surface area contributed by atoms with Crippen LogP contribution in [0.3, 0.4) is 0 Å². The first-order valence-corrected chi connectivity index (χ1v) is 5.38. The summed E-state index contributed by atoms with van der Waals surface area (Å²) in [5.74, 6) is -1.06. The molecule has 86 valence electrons. The van der Waals surface area contributed by atoms with Gasteiger partial charge in [0.1, 0.15) is 17.1 Å². The maximum Gasteiger partial charge on any atom is 0.258 e. The number of carbonyl (C=O) groups is 1. The van der Waals surface area contributed by atoms with Crippen LogP contribution in [0.1, 0.15) is 30.1 Å². The van der Waals surface area contributed by atoms with Gasteiger partial charge in [0.2, 0.25) is 0 Å². The van der Waals surface area contributed by atoms with E-state index in [4.69, 9.17) is 0 Å². The van der Waals surface area contributed by atoms with Crippen LogP contribution in [-0.2, 0) is 0 Å². The molecule has 1 atom stereocenters. The number of aromatic hydroxyl groups is 1. The second-order valence-electron chi connectivity index (χ2n) is 4.23. The van der Waals surface area contributed by atoms with Gasteiger partial charge in [0, 0.05) is 6.04 Å². The Bertz CT molecular complexity index is 395. The zero-order valence-corrected chi connectivity index (χ0v) is 9.03. The third-order valence-corrected chi connectivity index (χ3v) is 2.91. The van der Waals surface area contributed by atoms with Gasteiger partial charge in [-0.05, 0) is 37.8 Å². The van der Waals surface area contributed by atoms with Crippen molar-refractivity contribution in [1.82, 2.24) is 5.32 Å². The molecule has 4 heteroatoms. The van der Waals surface area contributed by atoms with Crippen LogP contribution >= 0.6 is 0 Å². The Labute approximate surface area is 93.3 Å². The Morgan fingerprint density at radius 3 is 2.81 bits per heavy atom. The summed E-state index contributed by atoms with van der Waals surface area (Å²) in [7, 11) is 0. The lowest BCUT2D eigenvalue weighted by Crippen LogP contribution is -2.34. The Hall–Kier alpha value is -1.58. The lowest BCUT2D eigenvalue weighted by molar-refractivity contribution is 0.0929. The van der Waals surface area contributed by atoms with Crippen molar-refractivity contribution in [1.29, 1.82) is 0 Å². The molecule has 0 aliphatic heterocycles. The maximum absolute atomic E-state index is 13.3. The summed E-state index contributed by atoms with van der Waals surface area (Å²) in [6.07, 6.45) is 2.20. The molecule has 1 aromatic rings. The number of hydrogen-bond donors (Lipinski definition) is 2. The van der Waals surface area contributed by atoms with E-state index in [9.17, 15) is 14.3 Å². The van der Waals surface area contributed by atoms with Crippen molar-refractivity contribution in [2.24, 2.45) is 5.92 Å². The number of carbonyl (C=O) groups excluding carboxylic acids is 1. The highest BCUT2D eigenvalue weighted by Crippen LogP contribution is 2.32. The average Bonchev–Trinajstić information content (AvgIpc) is 2.99. The van der Waals surface area contributed by atoms with Crippen LogP contribution in [0, 0.1) is 11.7 Å². The van der Waals surface area contributed by atoms with Gasteiger partial charge in [0.05, 0.1) is 0 Å². The zero-order chi connectivity index (χ0) is 11.7. The second-order valence-corrected chi connectivity index (χ2v) is 4.23. The van der Waals surface area contributed by atoms with E-state index in [1.54, 1.807) is 0 Å². The summed E-state index contributed by atoms with van der Waals surface area (Å²) in [6.45, 7) is 1.90. The van der Waals surface area contributed by atoms with Gasteiger partial charge < -0.3 is 10.4 Å². The average molecular weight is 223 g/mol. The number of hydrogen-bond acceptors (Lipinski definition) is 2. The molecule has 0 saturated heterocycles. The van der Waals surface area contributed by atoms with Crippen molar-refractivity contribution in [3.8, 4) is 5.75 Å². The minimum absolute atomic E-state index is 0.0338. The van der Waals surface area contributed by atoms with Crippen molar-refractivity contribution in [2.75, 3.05) is 0 Å². The van der Waals surface area contributed by atoms with Crippen molar-refractivity contribution < 1.29 is 14.3 Å². The van der Waals surface area contributed by atoms with Gasteiger partial charge in [-0.15, -0.1) is 0 Å². The summed E-state index contributed by atoms with van der Waals surface area (Å²) in [5, 5.41) is 12.1. The largest absolute Gasteiger partial charge is 0.507 e. The predicted molar refractivity (Wildman–Crippen MR) is 57.7 cm³/mol. The van der Waals surface area contributed by atoms with Crippen molar-refractivity contribution in [2.45, 2.75) is 25.8 Å². The normalized spacial score (nSPS) is 16.9. The molecule has 1 unspecified atom stereocenters. The molecular formula is C12H14FNO2. The molecule has 1 aromatic carbocycles. The SMILES string of the molecule is CC(NC(=O)c1c(O)cccc1F)C1CC1. The number of rotatable bonds is 3. The van der Waals surface area contributed by atoms with E-state index >= 15 is 0 Å². The third kappa shape index (κ3) is 2.15. The molecule has 0 aromatic heterocycles. The quantitative estimate of drug-likeness (QED) is 0.824. The predicted octanol–water partition coefficient (Wildman–Crippen LogP) is 2.06.